The molecule has 7 heteroatoms. The number of aryl methyl sites for hydroxylation is 1. The van der Waals surface area contributed by atoms with Gasteiger partial charge in [-0.2, -0.15) is 0 Å². The van der Waals surface area contributed by atoms with Crippen molar-refractivity contribution >= 4 is 55.4 Å². The van der Waals surface area contributed by atoms with E-state index in [4.69, 9.17) is 0 Å². The van der Waals surface area contributed by atoms with Crippen LogP contribution in [0.1, 0.15) is 15.4 Å². The van der Waals surface area contributed by atoms with E-state index in [-0.39, 0.29) is 5.91 Å². The summed E-state index contributed by atoms with van der Waals surface area (Å²) in [4.78, 5) is 25.0. The van der Waals surface area contributed by atoms with Gasteiger partial charge < -0.3 is 15.6 Å². The molecule has 5 rings (SSSR count). The first-order chi connectivity index (χ1) is 14.2. The molecule has 0 aliphatic rings. The zero-order valence-corrected chi connectivity index (χ0v) is 16.4. The minimum absolute atomic E-state index is 0.170. The number of H-pyrrole nitrogens is 1. The van der Waals surface area contributed by atoms with E-state index in [1.165, 1.54) is 11.3 Å². The van der Waals surface area contributed by atoms with Crippen molar-refractivity contribution < 1.29 is 4.79 Å². The standard InChI is InChI=1S/C22H17N5OS/c1-13-9-14-10-15(4-5-17(14)25-13)26-18-6-8-24-19-11-20(29-21(18)19)22(28)27-16-3-2-7-23-12-16/h2-12,25H,1H3,(H,24,26)(H,27,28). The van der Waals surface area contributed by atoms with Crippen molar-refractivity contribution in [3.8, 4) is 0 Å². The maximum absolute atomic E-state index is 12.6. The van der Waals surface area contributed by atoms with Crippen LogP contribution in [0.4, 0.5) is 17.1 Å². The number of nitrogens with one attached hydrogen (secondary N) is 3. The fourth-order valence-electron chi connectivity index (χ4n) is 3.29. The summed E-state index contributed by atoms with van der Waals surface area (Å²) in [5, 5.41) is 7.49. The molecule has 0 atom stereocenters. The third-order valence-electron chi connectivity index (χ3n) is 4.59. The van der Waals surface area contributed by atoms with Crippen LogP contribution in [-0.2, 0) is 0 Å². The van der Waals surface area contributed by atoms with Gasteiger partial charge in [0.2, 0.25) is 0 Å². The average molecular weight is 399 g/mol. The highest BCUT2D eigenvalue weighted by Gasteiger charge is 2.14. The molecular weight excluding hydrogens is 382 g/mol. The number of pyridine rings is 2. The Balaban J connectivity index is 1.45. The highest BCUT2D eigenvalue weighted by Crippen LogP contribution is 2.33. The fraction of sp³-hybridized carbons (Fsp3) is 0.0455. The number of thiophene rings is 1. The van der Waals surface area contributed by atoms with Gasteiger partial charge in [0.05, 0.1) is 32.7 Å². The molecule has 0 radical (unpaired) electrons. The molecule has 29 heavy (non-hydrogen) atoms. The molecule has 0 saturated heterocycles. The quantitative estimate of drug-likeness (QED) is 0.374. The molecule has 1 amide bonds. The third kappa shape index (κ3) is 3.43. The Morgan fingerprint density at radius 3 is 2.86 bits per heavy atom. The number of rotatable bonds is 4. The summed E-state index contributed by atoms with van der Waals surface area (Å²) in [6.45, 7) is 2.04. The van der Waals surface area contributed by atoms with E-state index in [1.54, 1.807) is 24.7 Å². The van der Waals surface area contributed by atoms with Gasteiger partial charge in [0.15, 0.2) is 0 Å². The van der Waals surface area contributed by atoms with Gasteiger partial charge in [0.25, 0.3) is 5.91 Å². The molecule has 0 aliphatic carbocycles. The summed E-state index contributed by atoms with van der Waals surface area (Å²) in [6, 6.07) is 15.7. The van der Waals surface area contributed by atoms with Gasteiger partial charge in [-0.3, -0.25) is 14.8 Å². The smallest absolute Gasteiger partial charge is 0.265 e. The van der Waals surface area contributed by atoms with Crippen molar-refractivity contribution in [1.29, 1.82) is 0 Å². The van der Waals surface area contributed by atoms with Gasteiger partial charge in [0, 0.05) is 34.7 Å². The maximum Gasteiger partial charge on any atom is 0.265 e. The lowest BCUT2D eigenvalue weighted by Crippen LogP contribution is -2.09. The average Bonchev–Trinajstić information content (AvgIpc) is 3.32. The number of hydrogen-bond donors (Lipinski definition) is 3. The van der Waals surface area contributed by atoms with Crippen molar-refractivity contribution in [2.75, 3.05) is 10.6 Å². The first-order valence-corrected chi connectivity index (χ1v) is 9.94. The summed E-state index contributed by atoms with van der Waals surface area (Å²) in [5.41, 5.74) is 5.60. The van der Waals surface area contributed by atoms with E-state index in [0.717, 1.165) is 38.2 Å². The molecule has 0 fully saturated rings. The lowest BCUT2D eigenvalue weighted by molar-refractivity contribution is 0.103. The molecule has 142 valence electrons. The molecule has 6 nitrogen and oxygen atoms in total. The van der Waals surface area contributed by atoms with Crippen LogP contribution in [0.3, 0.4) is 0 Å². The number of benzene rings is 1. The van der Waals surface area contributed by atoms with E-state index in [2.05, 4.69) is 43.8 Å². The molecule has 0 unspecified atom stereocenters. The van der Waals surface area contributed by atoms with Gasteiger partial charge in [-0.05, 0) is 55.5 Å². The van der Waals surface area contributed by atoms with E-state index >= 15 is 0 Å². The maximum atomic E-state index is 12.6. The highest BCUT2D eigenvalue weighted by molar-refractivity contribution is 7.21. The van der Waals surface area contributed by atoms with Crippen LogP contribution < -0.4 is 10.6 Å². The van der Waals surface area contributed by atoms with Crippen LogP contribution in [0.25, 0.3) is 21.1 Å². The second-order valence-corrected chi connectivity index (χ2v) is 7.81. The second kappa shape index (κ2) is 7.03. The highest BCUT2D eigenvalue weighted by atomic mass is 32.1. The number of aromatic nitrogens is 3. The van der Waals surface area contributed by atoms with Crippen molar-refractivity contribution in [3.05, 3.63) is 77.7 Å². The number of fused-ring (bicyclic) bond motifs is 2. The van der Waals surface area contributed by atoms with E-state index < -0.39 is 0 Å². The number of carbonyl (C=O) groups is 1. The zero-order chi connectivity index (χ0) is 19.8. The lowest BCUT2D eigenvalue weighted by atomic mass is 10.2. The molecule has 4 aromatic heterocycles. The topological polar surface area (TPSA) is 82.7 Å². The molecular formula is C22H17N5OS. The Kier molecular flexibility index (Phi) is 4.22. The third-order valence-corrected chi connectivity index (χ3v) is 5.75. The number of anilines is 3. The number of hydrogen-bond acceptors (Lipinski definition) is 5. The number of amides is 1. The van der Waals surface area contributed by atoms with Crippen LogP contribution in [0, 0.1) is 6.92 Å². The predicted octanol–water partition coefficient (Wildman–Crippen LogP) is 5.48. The fourth-order valence-corrected chi connectivity index (χ4v) is 4.27. The van der Waals surface area contributed by atoms with Crippen LogP contribution in [0.2, 0.25) is 0 Å². The Morgan fingerprint density at radius 2 is 2.00 bits per heavy atom. The minimum atomic E-state index is -0.170. The summed E-state index contributed by atoms with van der Waals surface area (Å²) in [7, 11) is 0. The number of aromatic amines is 1. The van der Waals surface area contributed by atoms with Crippen LogP contribution in [0.5, 0.6) is 0 Å². The van der Waals surface area contributed by atoms with Crippen molar-refractivity contribution in [3.63, 3.8) is 0 Å². The van der Waals surface area contributed by atoms with Crippen molar-refractivity contribution in [1.82, 2.24) is 15.0 Å². The number of nitrogens with zero attached hydrogens (tertiary/aromatic N) is 2. The van der Waals surface area contributed by atoms with E-state index in [9.17, 15) is 4.79 Å². The normalized spacial score (nSPS) is 11.1. The van der Waals surface area contributed by atoms with Crippen LogP contribution in [0.15, 0.2) is 67.1 Å². The summed E-state index contributed by atoms with van der Waals surface area (Å²) in [5.74, 6) is -0.170. The summed E-state index contributed by atoms with van der Waals surface area (Å²) in [6.07, 6.45) is 5.04. The van der Waals surface area contributed by atoms with Crippen molar-refractivity contribution in [2.24, 2.45) is 0 Å². The van der Waals surface area contributed by atoms with Crippen LogP contribution in [-0.4, -0.2) is 20.9 Å². The predicted molar refractivity (Wildman–Crippen MR) is 118 cm³/mol. The SMILES string of the molecule is Cc1cc2cc(Nc3ccnc4cc(C(=O)Nc5cccnc5)sc34)ccc2[nH]1. The van der Waals surface area contributed by atoms with Gasteiger partial charge in [-0.15, -0.1) is 11.3 Å². The number of carbonyl (C=O) groups excluding carboxylic acids is 1. The molecule has 3 N–H and O–H groups in total. The molecule has 0 saturated carbocycles. The Morgan fingerprint density at radius 1 is 1.07 bits per heavy atom. The van der Waals surface area contributed by atoms with E-state index in [0.29, 0.717) is 10.6 Å². The second-order valence-electron chi connectivity index (χ2n) is 6.76. The van der Waals surface area contributed by atoms with E-state index in [1.807, 2.05) is 31.2 Å². The van der Waals surface area contributed by atoms with Gasteiger partial charge in [0.1, 0.15) is 0 Å². The molecule has 0 aliphatic heterocycles. The van der Waals surface area contributed by atoms with Crippen LogP contribution >= 0.6 is 11.3 Å². The first kappa shape index (κ1) is 17.4. The Hall–Kier alpha value is -3.71. The van der Waals surface area contributed by atoms with Gasteiger partial charge >= 0.3 is 0 Å². The summed E-state index contributed by atoms with van der Waals surface area (Å²) < 4.78 is 0.939. The molecule has 1 aromatic carbocycles. The molecule has 0 spiro atoms. The largest absolute Gasteiger partial charge is 0.359 e. The minimum Gasteiger partial charge on any atom is -0.359 e. The lowest BCUT2D eigenvalue weighted by Gasteiger charge is -2.07. The zero-order valence-electron chi connectivity index (χ0n) is 15.6. The first-order valence-electron chi connectivity index (χ1n) is 9.12. The summed E-state index contributed by atoms with van der Waals surface area (Å²) >= 11 is 1.41. The Bertz CT molecular complexity index is 1340. The molecule has 4 heterocycles. The van der Waals surface area contributed by atoms with Gasteiger partial charge in [-0.25, -0.2) is 0 Å². The monoisotopic (exact) mass is 399 g/mol. The molecule has 5 aromatic rings. The Labute approximate surface area is 170 Å². The van der Waals surface area contributed by atoms with Crippen molar-refractivity contribution in [2.45, 2.75) is 6.92 Å². The van der Waals surface area contributed by atoms with Gasteiger partial charge in [-0.1, -0.05) is 0 Å². The molecule has 0 bridgehead atoms.